The maximum Gasteiger partial charge on any atom is 0.134 e. The van der Waals surface area contributed by atoms with Crippen LogP contribution in [0.2, 0.25) is 0 Å². The number of furan rings is 1. The van der Waals surface area contributed by atoms with Crippen LogP contribution < -0.4 is 0 Å². The predicted octanol–water partition coefficient (Wildman–Crippen LogP) is 2.83. The second-order valence-corrected chi connectivity index (χ2v) is 3.26. The molecule has 72 valence electrons. The van der Waals surface area contributed by atoms with E-state index < -0.39 is 0 Å². The molecule has 0 atom stereocenters. The molecule has 0 fully saturated rings. The minimum Gasteiger partial charge on any atom is -0.461 e. The Hall–Kier alpha value is -1.77. The fraction of sp³-hybridized carbons (Fsp3) is 0.182. The van der Waals surface area contributed by atoms with Gasteiger partial charge in [-0.05, 0) is 19.1 Å². The molecule has 0 aliphatic heterocycles. The summed E-state index contributed by atoms with van der Waals surface area (Å²) in [5, 5.41) is 12.7. The Bertz CT molecular complexity index is 438. The largest absolute Gasteiger partial charge is 0.461 e. The number of benzene rings is 1. The molecule has 0 saturated heterocycles. The van der Waals surface area contributed by atoms with Crippen molar-refractivity contribution in [2.75, 3.05) is 0 Å². The lowest BCUT2D eigenvalue weighted by Gasteiger charge is -1.91. The molecule has 0 aliphatic carbocycles. The SMILES string of the molecule is CC(Cc1cc2ccccc2o1)=NO. The zero-order chi connectivity index (χ0) is 9.97. The van der Waals surface area contributed by atoms with Crippen molar-refractivity contribution >= 4 is 16.7 Å². The number of hydrogen-bond donors (Lipinski definition) is 1. The Labute approximate surface area is 81.6 Å². The van der Waals surface area contributed by atoms with Gasteiger partial charge >= 0.3 is 0 Å². The van der Waals surface area contributed by atoms with E-state index in [0.717, 1.165) is 16.7 Å². The molecule has 0 amide bonds. The first-order valence-corrected chi connectivity index (χ1v) is 4.44. The molecular formula is C11H11NO2. The topological polar surface area (TPSA) is 45.7 Å². The first-order chi connectivity index (χ1) is 6.79. The van der Waals surface area contributed by atoms with Crippen molar-refractivity contribution in [3.8, 4) is 0 Å². The number of hydrogen-bond acceptors (Lipinski definition) is 3. The molecule has 3 heteroatoms. The molecule has 0 aliphatic rings. The lowest BCUT2D eigenvalue weighted by Crippen LogP contribution is -1.94. The molecule has 1 aromatic carbocycles. The van der Waals surface area contributed by atoms with E-state index in [0.29, 0.717) is 12.1 Å². The molecule has 2 rings (SSSR count). The van der Waals surface area contributed by atoms with Crippen molar-refractivity contribution in [2.24, 2.45) is 5.16 Å². The van der Waals surface area contributed by atoms with Gasteiger partial charge in [-0.3, -0.25) is 0 Å². The van der Waals surface area contributed by atoms with Gasteiger partial charge in [0, 0.05) is 11.8 Å². The van der Waals surface area contributed by atoms with Crippen molar-refractivity contribution < 1.29 is 9.62 Å². The smallest absolute Gasteiger partial charge is 0.134 e. The van der Waals surface area contributed by atoms with Gasteiger partial charge in [0.15, 0.2) is 0 Å². The first kappa shape index (κ1) is 8.81. The summed E-state index contributed by atoms with van der Waals surface area (Å²) in [5.41, 5.74) is 1.51. The van der Waals surface area contributed by atoms with Gasteiger partial charge in [-0.1, -0.05) is 23.4 Å². The number of rotatable bonds is 2. The van der Waals surface area contributed by atoms with Gasteiger partial charge in [0.05, 0.1) is 5.71 Å². The van der Waals surface area contributed by atoms with E-state index in [9.17, 15) is 0 Å². The third-order valence-electron chi connectivity index (χ3n) is 2.08. The molecule has 0 radical (unpaired) electrons. The second kappa shape index (κ2) is 3.54. The Morgan fingerprint density at radius 2 is 2.21 bits per heavy atom. The predicted molar refractivity (Wildman–Crippen MR) is 54.8 cm³/mol. The maximum atomic E-state index is 8.52. The van der Waals surface area contributed by atoms with Crippen molar-refractivity contribution in [1.29, 1.82) is 0 Å². The molecule has 2 aromatic rings. The molecule has 3 nitrogen and oxygen atoms in total. The summed E-state index contributed by atoms with van der Waals surface area (Å²) < 4.78 is 5.55. The van der Waals surface area contributed by atoms with Gasteiger partial charge in [0.25, 0.3) is 0 Å². The lowest BCUT2D eigenvalue weighted by molar-refractivity contribution is 0.317. The van der Waals surface area contributed by atoms with Gasteiger partial charge in [0.1, 0.15) is 11.3 Å². The Morgan fingerprint density at radius 3 is 2.93 bits per heavy atom. The van der Waals surface area contributed by atoms with Gasteiger partial charge in [-0.25, -0.2) is 0 Å². The zero-order valence-corrected chi connectivity index (χ0v) is 7.90. The first-order valence-electron chi connectivity index (χ1n) is 4.44. The molecule has 1 heterocycles. The molecular weight excluding hydrogens is 178 g/mol. The minimum absolute atomic E-state index is 0.547. The molecule has 1 aromatic heterocycles. The minimum atomic E-state index is 0.547. The molecule has 0 saturated carbocycles. The average molecular weight is 189 g/mol. The zero-order valence-electron chi connectivity index (χ0n) is 7.90. The highest BCUT2D eigenvalue weighted by Crippen LogP contribution is 2.19. The fourth-order valence-electron chi connectivity index (χ4n) is 1.41. The molecule has 0 spiro atoms. The third kappa shape index (κ3) is 1.62. The summed E-state index contributed by atoms with van der Waals surface area (Å²) in [6.07, 6.45) is 0.547. The van der Waals surface area contributed by atoms with E-state index in [1.807, 2.05) is 30.3 Å². The monoisotopic (exact) mass is 189 g/mol. The Morgan fingerprint density at radius 1 is 1.43 bits per heavy atom. The highest BCUT2D eigenvalue weighted by Gasteiger charge is 2.03. The average Bonchev–Trinajstić information content (AvgIpc) is 2.59. The van der Waals surface area contributed by atoms with Crippen molar-refractivity contribution in [1.82, 2.24) is 0 Å². The van der Waals surface area contributed by atoms with Crippen LogP contribution in [-0.2, 0) is 6.42 Å². The molecule has 0 unspecified atom stereocenters. The summed E-state index contributed by atoms with van der Waals surface area (Å²) in [4.78, 5) is 0. The highest BCUT2D eigenvalue weighted by atomic mass is 16.4. The van der Waals surface area contributed by atoms with E-state index in [1.165, 1.54) is 0 Å². The summed E-state index contributed by atoms with van der Waals surface area (Å²) in [6.45, 7) is 1.76. The maximum absolute atomic E-state index is 8.52. The summed E-state index contributed by atoms with van der Waals surface area (Å²) in [7, 11) is 0. The number of oxime groups is 1. The summed E-state index contributed by atoms with van der Waals surface area (Å²) >= 11 is 0. The van der Waals surface area contributed by atoms with E-state index in [1.54, 1.807) is 6.92 Å². The standard InChI is InChI=1S/C11H11NO2/c1-8(12-13)6-10-7-9-4-2-3-5-11(9)14-10/h2-5,7,13H,6H2,1H3. The van der Waals surface area contributed by atoms with Crippen LogP contribution in [0.25, 0.3) is 11.0 Å². The lowest BCUT2D eigenvalue weighted by atomic mass is 10.2. The van der Waals surface area contributed by atoms with Crippen LogP contribution in [0.3, 0.4) is 0 Å². The van der Waals surface area contributed by atoms with Crippen LogP contribution in [0.4, 0.5) is 0 Å². The van der Waals surface area contributed by atoms with Crippen LogP contribution in [0.15, 0.2) is 39.9 Å². The molecule has 14 heavy (non-hydrogen) atoms. The van der Waals surface area contributed by atoms with E-state index in [4.69, 9.17) is 9.62 Å². The number of nitrogens with zero attached hydrogens (tertiary/aromatic N) is 1. The molecule has 1 N–H and O–H groups in total. The van der Waals surface area contributed by atoms with Crippen LogP contribution in [0.1, 0.15) is 12.7 Å². The van der Waals surface area contributed by atoms with Crippen molar-refractivity contribution in [2.45, 2.75) is 13.3 Å². The van der Waals surface area contributed by atoms with Crippen LogP contribution in [-0.4, -0.2) is 10.9 Å². The van der Waals surface area contributed by atoms with E-state index in [2.05, 4.69) is 5.16 Å². The van der Waals surface area contributed by atoms with Crippen LogP contribution in [0, 0.1) is 0 Å². The molecule has 0 bridgehead atoms. The van der Waals surface area contributed by atoms with Gasteiger partial charge in [-0.2, -0.15) is 0 Å². The third-order valence-corrected chi connectivity index (χ3v) is 2.08. The number of para-hydroxylation sites is 1. The van der Waals surface area contributed by atoms with Gasteiger partial charge in [-0.15, -0.1) is 0 Å². The number of fused-ring (bicyclic) bond motifs is 1. The normalized spacial score (nSPS) is 12.2. The van der Waals surface area contributed by atoms with Crippen LogP contribution >= 0.6 is 0 Å². The Balaban J connectivity index is 2.36. The quantitative estimate of drug-likeness (QED) is 0.448. The van der Waals surface area contributed by atoms with E-state index >= 15 is 0 Å². The van der Waals surface area contributed by atoms with Crippen LogP contribution in [0.5, 0.6) is 0 Å². The highest BCUT2D eigenvalue weighted by molar-refractivity contribution is 5.85. The van der Waals surface area contributed by atoms with Crippen molar-refractivity contribution in [3.05, 3.63) is 36.1 Å². The van der Waals surface area contributed by atoms with Gasteiger partial charge < -0.3 is 9.62 Å². The van der Waals surface area contributed by atoms with Gasteiger partial charge in [0.2, 0.25) is 0 Å². The fourth-order valence-corrected chi connectivity index (χ4v) is 1.41. The van der Waals surface area contributed by atoms with Crippen molar-refractivity contribution in [3.63, 3.8) is 0 Å². The summed E-state index contributed by atoms with van der Waals surface area (Å²) in [6, 6.07) is 9.78. The Kier molecular flexibility index (Phi) is 2.23. The second-order valence-electron chi connectivity index (χ2n) is 3.26. The summed E-state index contributed by atoms with van der Waals surface area (Å²) in [5.74, 6) is 0.821. The van der Waals surface area contributed by atoms with E-state index in [-0.39, 0.29) is 0 Å².